The zero-order valence-corrected chi connectivity index (χ0v) is 10.4. The van der Waals surface area contributed by atoms with E-state index in [9.17, 15) is 13.6 Å². The molecule has 104 valence electrons. The summed E-state index contributed by atoms with van der Waals surface area (Å²) in [6.45, 7) is 1.84. The lowest BCUT2D eigenvalue weighted by atomic mass is 10.0. The molecule has 0 radical (unpaired) electrons. The predicted octanol–water partition coefficient (Wildman–Crippen LogP) is 2.51. The minimum Gasteiger partial charge on any atom is -0.381 e. The molecule has 0 unspecified atom stereocenters. The normalized spacial score (nSPS) is 18.9. The third kappa shape index (κ3) is 3.89. The lowest BCUT2D eigenvalue weighted by Crippen LogP contribution is -2.36. The average Bonchev–Trinajstić information content (AvgIpc) is 2.43. The molecule has 1 aromatic rings. The first-order valence-corrected chi connectivity index (χ1v) is 6.23. The third-order valence-electron chi connectivity index (χ3n) is 3.01. The van der Waals surface area contributed by atoms with Crippen molar-refractivity contribution < 1.29 is 18.3 Å². The number of ether oxygens (including phenoxy) is 1. The van der Waals surface area contributed by atoms with E-state index in [2.05, 4.69) is 10.6 Å². The minimum absolute atomic E-state index is 0.169. The van der Waals surface area contributed by atoms with Crippen LogP contribution in [0.3, 0.4) is 0 Å². The first kappa shape index (κ1) is 13.7. The van der Waals surface area contributed by atoms with Gasteiger partial charge in [0.1, 0.15) is 0 Å². The van der Waals surface area contributed by atoms with Gasteiger partial charge in [-0.1, -0.05) is 6.07 Å². The van der Waals surface area contributed by atoms with Crippen LogP contribution < -0.4 is 10.6 Å². The number of nitrogens with one attached hydrogen (secondary N) is 2. The number of carbonyl (C=O) groups is 1. The molecule has 1 heterocycles. The molecular weight excluding hydrogens is 254 g/mol. The van der Waals surface area contributed by atoms with Crippen LogP contribution in [0, 0.1) is 17.6 Å². The molecular formula is C13H16F2N2O2. The maximum atomic E-state index is 13.3. The van der Waals surface area contributed by atoms with Crippen LogP contribution in [0.2, 0.25) is 0 Å². The van der Waals surface area contributed by atoms with E-state index >= 15 is 0 Å². The van der Waals surface area contributed by atoms with Gasteiger partial charge in [-0.25, -0.2) is 13.6 Å². The number of rotatable bonds is 3. The molecule has 1 atom stereocenters. The Morgan fingerprint density at radius 2 is 2.26 bits per heavy atom. The zero-order valence-electron chi connectivity index (χ0n) is 10.4. The Morgan fingerprint density at radius 3 is 3.00 bits per heavy atom. The van der Waals surface area contributed by atoms with Gasteiger partial charge in [-0.15, -0.1) is 0 Å². The second kappa shape index (κ2) is 6.47. The molecule has 4 nitrogen and oxygen atoms in total. The van der Waals surface area contributed by atoms with Gasteiger partial charge in [0, 0.05) is 13.2 Å². The standard InChI is InChI=1S/C13H16F2N2O2/c14-10-4-1-5-11(12(10)15)17-13(18)16-7-9-3-2-6-19-8-9/h1,4-5,9H,2-3,6-8H2,(H2,16,17,18)/t9-/m0/s1. The quantitative estimate of drug-likeness (QED) is 0.886. The van der Waals surface area contributed by atoms with Crippen molar-refractivity contribution in [2.24, 2.45) is 5.92 Å². The second-order valence-electron chi connectivity index (χ2n) is 4.52. The molecule has 0 spiro atoms. The van der Waals surface area contributed by atoms with Gasteiger partial charge in [0.25, 0.3) is 0 Å². The summed E-state index contributed by atoms with van der Waals surface area (Å²) in [7, 11) is 0. The molecule has 1 fully saturated rings. The van der Waals surface area contributed by atoms with Gasteiger partial charge in [-0.3, -0.25) is 0 Å². The van der Waals surface area contributed by atoms with Crippen LogP contribution in [0.25, 0.3) is 0 Å². The lowest BCUT2D eigenvalue weighted by molar-refractivity contribution is 0.0559. The van der Waals surface area contributed by atoms with Crippen molar-refractivity contribution in [3.63, 3.8) is 0 Å². The minimum atomic E-state index is -1.06. The van der Waals surface area contributed by atoms with Gasteiger partial charge in [0.05, 0.1) is 12.3 Å². The fourth-order valence-electron chi connectivity index (χ4n) is 1.97. The number of hydrogen-bond donors (Lipinski definition) is 2. The van der Waals surface area contributed by atoms with E-state index in [1.54, 1.807) is 0 Å². The summed E-state index contributed by atoms with van der Waals surface area (Å²) < 4.78 is 31.5. The number of hydrogen-bond acceptors (Lipinski definition) is 2. The SMILES string of the molecule is O=C(NC[C@@H]1CCCOC1)Nc1cccc(F)c1F. The number of benzene rings is 1. The molecule has 2 rings (SSSR count). The van der Waals surface area contributed by atoms with Crippen LogP contribution in [-0.4, -0.2) is 25.8 Å². The largest absolute Gasteiger partial charge is 0.381 e. The molecule has 0 aliphatic carbocycles. The number of amides is 2. The summed E-state index contributed by atoms with van der Waals surface area (Å²) in [5.41, 5.74) is -0.169. The van der Waals surface area contributed by atoms with Gasteiger partial charge in [0.15, 0.2) is 11.6 Å². The van der Waals surface area contributed by atoms with Gasteiger partial charge in [-0.2, -0.15) is 0 Å². The third-order valence-corrected chi connectivity index (χ3v) is 3.01. The van der Waals surface area contributed by atoms with Crippen LogP contribution in [0.4, 0.5) is 19.3 Å². The number of halogens is 2. The zero-order chi connectivity index (χ0) is 13.7. The van der Waals surface area contributed by atoms with Crippen molar-refractivity contribution in [3.8, 4) is 0 Å². The monoisotopic (exact) mass is 270 g/mol. The van der Waals surface area contributed by atoms with E-state index in [0.29, 0.717) is 13.2 Å². The molecule has 0 aromatic heterocycles. The molecule has 1 saturated heterocycles. The molecule has 0 bridgehead atoms. The van der Waals surface area contributed by atoms with Gasteiger partial charge in [-0.05, 0) is 30.9 Å². The van der Waals surface area contributed by atoms with E-state index in [1.807, 2.05) is 0 Å². The van der Waals surface area contributed by atoms with Crippen LogP contribution in [0.15, 0.2) is 18.2 Å². The van der Waals surface area contributed by atoms with Crippen molar-refractivity contribution in [1.82, 2.24) is 5.32 Å². The van der Waals surface area contributed by atoms with Crippen LogP contribution in [-0.2, 0) is 4.74 Å². The highest BCUT2D eigenvalue weighted by Gasteiger charge is 2.15. The van der Waals surface area contributed by atoms with Gasteiger partial charge < -0.3 is 15.4 Å². The molecule has 19 heavy (non-hydrogen) atoms. The summed E-state index contributed by atoms with van der Waals surface area (Å²) >= 11 is 0. The molecule has 2 amide bonds. The van der Waals surface area contributed by atoms with Crippen LogP contribution in [0.1, 0.15) is 12.8 Å². The molecule has 1 aliphatic rings. The van der Waals surface area contributed by atoms with Crippen molar-refractivity contribution in [2.75, 3.05) is 25.1 Å². The molecule has 2 N–H and O–H groups in total. The fraction of sp³-hybridized carbons (Fsp3) is 0.462. The summed E-state index contributed by atoms with van der Waals surface area (Å²) in [6, 6.07) is 3.10. The summed E-state index contributed by atoms with van der Waals surface area (Å²) in [4.78, 5) is 11.6. The Kier molecular flexibility index (Phi) is 4.68. The average molecular weight is 270 g/mol. The Hall–Kier alpha value is -1.69. The Labute approximate surface area is 110 Å². The first-order chi connectivity index (χ1) is 9.16. The lowest BCUT2D eigenvalue weighted by Gasteiger charge is -2.22. The molecule has 0 saturated carbocycles. The topological polar surface area (TPSA) is 50.4 Å². The van der Waals surface area contributed by atoms with E-state index in [4.69, 9.17) is 4.74 Å². The number of urea groups is 1. The maximum absolute atomic E-state index is 13.3. The first-order valence-electron chi connectivity index (χ1n) is 6.23. The molecule has 6 heteroatoms. The molecule has 1 aromatic carbocycles. The second-order valence-corrected chi connectivity index (χ2v) is 4.52. The number of carbonyl (C=O) groups excluding carboxylic acids is 1. The van der Waals surface area contributed by atoms with Crippen molar-refractivity contribution >= 4 is 11.7 Å². The highest BCUT2D eigenvalue weighted by atomic mass is 19.2. The Morgan fingerprint density at radius 1 is 1.42 bits per heavy atom. The van der Waals surface area contributed by atoms with Crippen molar-refractivity contribution in [1.29, 1.82) is 0 Å². The van der Waals surface area contributed by atoms with E-state index in [-0.39, 0.29) is 11.6 Å². The Balaban J connectivity index is 1.82. The predicted molar refractivity (Wildman–Crippen MR) is 66.9 cm³/mol. The van der Waals surface area contributed by atoms with E-state index in [0.717, 1.165) is 25.5 Å². The summed E-state index contributed by atoms with van der Waals surface area (Å²) in [5, 5.41) is 4.91. The Bertz CT molecular complexity index is 448. The van der Waals surface area contributed by atoms with Crippen molar-refractivity contribution in [2.45, 2.75) is 12.8 Å². The maximum Gasteiger partial charge on any atom is 0.319 e. The highest BCUT2D eigenvalue weighted by Crippen LogP contribution is 2.16. The van der Waals surface area contributed by atoms with Gasteiger partial charge >= 0.3 is 6.03 Å². The van der Waals surface area contributed by atoms with Gasteiger partial charge in [0.2, 0.25) is 0 Å². The van der Waals surface area contributed by atoms with E-state index < -0.39 is 17.7 Å². The smallest absolute Gasteiger partial charge is 0.319 e. The summed E-state index contributed by atoms with van der Waals surface area (Å²) in [5.74, 6) is -1.77. The van der Waals surface area contributed by atoms with Crippen LogP contribution in [0.5, 0.6) is 0 Å². The van der Waals surface area contributed by atoms with E-state index in [1.165, 1.54) is 12.1 Å². The van der Waals surface area contributed by atoms with Crippen LogP contribution >= 0.6 is 0 Å². The highest BCUT2D eigenvalue weighted by molar-refractivity contribution is 5.89. The van der Waals surface area contributed by atoms with Crippen molar-refractivity contribution in [3.05, 3.63) is 29.8 Å². The fourth-order valence-corrected chi connectivity index (χ4v) is 1.97. The number of anilines is 1. The summed E-state index contributed by atoms with van der Waals surface area (Å²) in [6.07, 6.45) is 1.97. The molecule has 1 aliphatic heterocycles.